The zero-order valence-corrected chi connectivity index (χ0v) is 13.2. The lowest BCUT2D eigenvalue weighted by molar-refractivity contribution is -0.123. The molecule has 3 rings (SSSR count). The van der Waals surface area contributed by atoms with Gasteiger partial charge in [0.05, 0.1) is 13.7 Å². The van der Waals surface area contributed by atoms with Crippen molar-refractivity contribution in [2.75, 3.05) is 20.2 Å². The highest BCUT2D eigenvalue weighted by Gasteiger charge is 2.24. The standard InChI is InChI=1S/C17H21N3O3/c1-22-16-5-3-2-4-14(16)15-10-13(23-19-15)11-20-8-6-12(7-9-20)17(18)21/h2-5,10,12H,6-9,11H2,1H3,(H2,18,21). The molecule has 23 heavy (non-hydrogen) atoms. The zero-order chi connectivity index (χ0) is 16.2. The predicted molar refractivity (Wildman–Crippen MR) is 85.7 cm³/mol. The normalized spacial score (nSPS) is 16.4. The van der Waals surface area contributed by atoms with Crippen LogP contribution in [0.25, 0.3) is 11.3 Å². The van der Waals surface area contributed by atoms with Crippen LogP contribution < -0.4 is 10.5 Å². The van der Waals surface area contributed by atoms with E-state index in [2.05, 4.69) is 10.1 Å². The summed E-state index contributed by atoms with van der Waals surface area (Å²) in [6.07, 6.45) is 1.62. The Hall–Kier alpha value is -2.34. The van der Waals surface area contributed by atoms with Crippen molar-refractivity contribution < 1.29 is 14.1 Å². The topological polar surface area (TPSA) is 81.6 Å². The van der Waals surface area contributed by atoms with Crippen molar-refractivity contribution in [1.29, 1.82) is 0 Å². The molecule has 6 heteroatoms. The second-order valence-electron chi connectivity index (χ2n) is 5.83. The van der Waals surface area contributed by atoms with Gasteiger partial charge in [-0.1, -0.05) is 17.3 Å². The quantitative estimate of drug-likeness (QED) is 0.913. The van der Waals surface area contributed by atoms with Gasteiger partial charge in [0, 0.05) is 17.5 Å². The second-order valence-corrected chi connectivity index (χ2v) is 5.83. The number of ether oxygens (including phenoxy) is 1. The van der Waals surface area contributed by atoms with Crippen molar-refractivity contribution in [3.8, 4) is 17.0 Å². The van der Waals surface area contributed by atoms with Gasteiger partial charge in [-0.15, -0.1) is 0 Å². The first-order valence-corrected chi connectivity index (χ1v) is 7.78. The van der Waals surface area contributed by atoms with Crippen LogP contribution in [0.5, 0.6) is 5.75 Å². The molecule has 1 aliphatic heterocycles. The molecule has 122 valence electrons. The molecule has 0 spiro atoms. The Morgan fingerprint density at radius 2 is 2.13 bits per heavy atom. The lowest BCUT2D eigenvalue weighted by Crippen LogP contribution is -2.38. The SMILES string of the molecule is COc1ccccc1-c1cc(CN2CCC(C(N)=O)CC2)on1. The van der Waals surface area contributed by atoms with Gasteiger partial charge in [0.2, 0.25) is 5.91 Å². The molecule has 0 saturated carbocycles. The maximum atomic E-state index is 11.2. The summed E-state index contributed by atoms with van der Waals surface area (Å²) < 4.78 is 10.8. The molecular formula is C17H21N3O3. The summed E-state index contributed by atoms with van der Waals surface area (Å²) in [4.78, 5) is 13.5. The Labute approximate surface area is 135 Å². The van der Waals surface area contributed by atoms with Crippen molar-refractivity contribution in [2.24, 2.45) is 11.7 Å². The van der Waals surface area contributed by atoms with Gasteiger partial charge in [0.1, 0.15) is 11.4 Å². The Morgan fingerprint density at radius 3 is 2.83 bits per heavy atom. The molecule has 2 aromatic rings. The minimum atomic E-state index is -0.192. The molecule has 6 nitrogen and oxygen atoms in total. The minimum Gasteiger partial charge on any atom is -0.496 e. The molecule has 0 atom stereocenters. The first-order valence-electron chi connectivity index (χ1n) is 7.78. The predicted octanol–water partition coefficient (Wildman–Crippen LogP) is 2.05. The van der Waals surface area contributed by atoms with E-state index < -0.39 is 0 Å². The first kappa shape index (κ1) is 15.6. The number of primary amides is 1. The fraction of sp³-hybridized carbons (Fsp3) is 0.412. The number of hydrogen-bond donors (Lipinski definition) is 1. The molecule has 0 unspecified atom stereocenters. The first-order chi connectivity index (χ1) is 11.2. The van der Waals surface area contributed by atoms with Gasteiger partial charge < -0.3 is 15.0 Å². The third kappa shape index (κ3) is 3.53. The van der Waals surface area contributed by atoms with Crippen LogP contribution in [0.2, 0.25) is 0 Å². The van der Waals surface area contributed by atoms with E-state index in [-0.39, 0.29) is 11.8 Å². The summed E-state index contributed by atoms with van der Waals surface area (Å²) in [5.41, 5.74) is 7.04. The van der Waals surface area contributed by atoms with Gasteiger partial charge in [0.25, 0.3) is 0 Å². The van der Waals surface area contributed by atoms with Crippen molar-refractivity contribution in [3.05, 3.63) is 36.1 Å². The third-order valence-electron chi connectivity index (χ3n) is 4.31. The Balaban J connectivity index is 1.65. The van der Waals surface area contributed by atoms with E-state index in [1.165, 1.54) is 0 Å². The van der Waals surface area contributed by atoms with Crippen molar-refractivity contribution >= 4 is 5.91 Å². The second kappa shape index (κ2) is 6.83. The number of rotatable bonds is 5. The van der Waals surface area contributed by atoms with E-state index in [1.54, 1.807) is 7.11 Å². The van der Waals surface area contributed by atoms with E-state index in [9.17, 15) is 4.79 Å². The molecule has 1 fully saturated rings. The van der Waals surface area contributed by atoms with Gasteiger partial charge in [-0.3, -0.25) is 9.69 Å². The molecule has 1 aromatic heterocycles. The van der Waals surface area contributed by atoms with E-state index >= 15 is 0 Å². The van der Waals surface area contributed by atoms with Gasteiger partial charge in [0.15, 0.2) is 5.76 Å². The molecule has 1 aliphatic rings. The summed E-state index contributed by atoms with van der Waals surface area (Å²) in [6, 6.07) is 9.67. The van der Waals surface area contributed by atoms with Crippen molar-refractivity contribution in [3.63, 3.8) is 0 Å². The Bertz CT molecular complexity index is 675. The lowest BCUT2D eigenvalue weighted by Gasteiger charge is -2.29. The van der Waals surface area contributed by atoms with E-state index in [0.717, 1.165) is 48.7 Å². The molecule has 2 N–H and O–H groups in total. The number of methoxy groups -OCH3 is 1. The van der Waals surface area contributed by atoms with E-state index in [0.29, 0.717) is 6.54 Å². The Kier molecular flexibility index (Phi) is 4.62. The summed E-state index contributed by atoms with van der Waals surface area (Å²) >= 11 is 0. The number of amides is 1. The number of para-hydroxylation sites is 1. The number of nitrogens with two attached hydrogens (primary N) is 1. The highest BCUT2D eigenvalue weighted by molar-refractivity contribution is 5.76. The number of carbonyl (C=O) groups excluding carboxylic acids is 1. The fourth-order valence-electron chi connectivity index (χ4n) is 2.97. The summed E-state index contributed by atoms with van der Waals surface area (Å²) in [5, 5.41) is 4.15. The molecule has 0 radical (unpaired) electrons. The van der Waals surface area contributed by atoms with E-state index in [4.69, 9.17) is 15.0 Å². The fourth-order valence-corrected chi connectivity index (χ4v) is 2.97. The smallest absolute Gasteiger partial charge is 0.220 e. The van der Waals surface area contributed by atoms with E-state index in [1.807, 2.05) is 30.3 Å². The van der Waals surface area contributed by atoms with Gasteiger partial charge >= 0.3 is 0 Å². The molecule has 1 amide bonds. The average molecular weight is 315 g/mol. The van der Waals surface area contributed by atoms with Crippen LogP contribution in [0.3, 0.4) is 0 Å². The number of benzene rings is 1. The molecule has 1 saturated heterocycles. The lowest BCUT2D eigenvalue weighted by atomic mass is 9.96. The number of likely N-dealkylation sites (tertiary alicyclic amines) is 1. The number of piperidine rings is 1. The molecule has 0 bridgehead atoms. The largest absolute Gasteiger partial charge is 0.496 e. The van der Waals surface area contributed by atoms with Crippen LogP contribution in [-0.4, -0.2) is 36.2 Å². The third-order valence-corrected chi connectivity index (χ3v) is 4.31. The highest BCUT2D eigenvalue weighted by Crippen LogP contribution is 2.29. The maximum Gasteiger partial charge on any atom is 0.220 e. The number of aromatic nitrogens is 1. The van der Waals surface area contributed by atoms with Gasteiger partial charge in [-0.05, 0) is 38.1 Å². The average Bonchev–Trinajstić information content (AvgIpc) is 3.03. The summed E-state index contributed by atoms with van der Waals surface area (Å²) in [7, 11) is 1.64. The van der Waals surface area contributed by atoms with Crippen LogP contribution in [0.4, 0.5) is 0 Å². The zero-order valence-electron chi connectivity index (χ0n) is 13.2. The molecule has 2 heterocycles. The molecule has 0 aliphatic carbocycles. The monoisotopic (exact) mass is 315 g/mol. The molecule has 1 aromatic carbocycles. The van der Waals surface area contributed by atoms with Crippen LogP contribution in [-0.2, 0) is 11.3 Å². The minimum absolute atomic E-state index is 0.00474. The van der Waals surface area contributed by atoms with Crippen LogP contribution >= 0.6 is 0 Å². The highest BCUT2D eigenvalue weighted by atomic mass is 16.5. The van der Waals surface area contributed by atoms with Crippen molar-refractivity contribution in [1.82, 2.24) is 10.1 Å². The number of nitrogens with zero attached hydrogens (tertiary/aromatic N) is 2. The maximum absolute atomic E-state index is 11.2. The van der Waals surface area contributed by atoms with Gasteiger partial charge in [-0.2, -0.15) is 0 Å². The summed E-state index contributed by atoms with van der Waals surface area (Å²) in [5.74, 6) is 1.39. The molecular weight excluding hydrogens is 294 g/mol. The van der Waals surface area contributed by atoms with Crippen LogP contribution in [0.1, 0.15) is 18.6 Å². The summed E-state index contributed by atoms with van der Waals surface area (Å²) in [6.45, 7) is 2.38. The van der Waals surface area contributed by atoms with Crippen LogP contribution in [0.15, 0.2) is 34.9 Å². The van der Waals surface area contributed by atoms with Crippen molar-refractivity contribution in [2.45, 2.75) is 19.4 Å². The number of hydrogen-bond acceptors (Lipinski definition) is 5. The van der Waals surface area contributed by atoms with Gasteiger partial charge in [-0.25, -0.2) is 0 Å². The van der Waals surface area contributed by atoms with Crippen LogP contribution in [0, 0.1) is 5.92 Å². The number of carbonyl (C=O) groups is 1. The Morgan fingerprint density at radius 1 is 1.39 bits per heavy atom.